The number of sulfone groups is 1. The lowest BCUT2D eigenvalue weighted by atomic mass is 10.1. The maximum Gasteiger partial charge on any atom is 0.409 e. The summed E-state index contributed by atoms with van der Waals surface area (Å²) in [5.74, 6) is -0.560. The molecule has 2 amide bonds. The number of aromatic nitrogens is 3. The van der Waals surface area contributed by atoms with E-state index in [2.05, 4.69) is 15.2 Å². The van der Waals surface area contributed by atoms with Gasteiger partial charge in [-0.2, -0.15) is 5.10 Å². The summed E-state index contributed by atoms with van der Waals surface area (Å²) in [7, 11) is -3.54. The monoisotopic (exact) mass is 583 g/mol. The summed E-state index contributed by atoms with van der Waals surface area (Å²) in [5.41, 5.74) is 7.70. The van der Waals surface area contributed by atoms with Crippen molar-refractivity contribution < 1.29 is 22.7 Å². The molecular formula is C27H29N5O6S2. The van der Waals surface area contributed by atoms with Crippen LogP contribution < -0.4 is 10.6 Å². The first-order chi connectivity index (χ1) is 19.1. The SMILES string of the molecule is CCOC(=O)N1CC[C@@H](c2n[nH]c(=O)s2)C1.Cc1cc(CS(=O)(=O)c2ccc(C(N)=O)cc2)c2ccccc2n1. The van der Waals surface area contributed by atoms with E-state index in [4.69, 9.17) is 10.5 Å². The minimum Gasteiger partial charge on any atom is -0.450 e. The van der Waals surface area contributed by atoms with Crippen LogP contribution in [0.5, 0.6) is 0 Å². The Labute approximate surface area is 234 Å². The number of benzene rings is 2. The molecular weight excluding hydrogens is 554 g/mol. The number of primary amides is 1. The molecule has 3 heterocycles. The summed E-state index contributed by atoms with van der Waals surface area (Å²) < 4.78 is 30.3. The number of rotatable bonds is 6. The second-order valence-corrected chi connectivity index (χ2v) is 12.2. The number of aryl methyl sites for hydroxylation is 1. The van der Waals surface area contributed by atoms with Gasteiger partial charge in [0.25, 0.3) is 0 Å². The molecule has 2 aromatic heterocycles. The van der Waals surface area contributed by atoms with Gasteiger partial charge in [-0.25, -0.2) is 18.3 Å². The van der Waals surface area contributed by atoms with Gasteiger partial charge in [-0.1, -0.05) is 29.5 Å². The summed E-state index contributed by atoms with van der Waals surface area (Å²) in [6.07, 6.45) is 0.549. The Morgan fingerprint density at radius 3 is 2.55 bits per heavy atom. The van der Waals surface area contributed by atoms with Crippen LogP contribution in [0, 0.1) is 6.92 Å². The third kappa shape index (κ3) is 6.90. The third-order valence-electron chi connectivity index (χ3n) is 6.29. The highest BCUT2D eigenvalue weighted by Crippen LogP contribution is 2.27. The smallest absolute Gasteiger partial charge is 0.409 e. The Balaban J connectivity index is 0.000000201. The van der Waals surface area contributed by atoms with Gasteiger partial charge in [0.1, 0.15) is 5.01 Å². The predicted molar refractivity (Wildman–Crippen MR) is 151 cm³/mol. The van der Waals surface area contributed by atoms with E-state index in [1.807, 2.05) is 31.2 Å². The van der Waals surface area contributed by atoms with Gasteiger partial charge in [-0.3, -0.25) is 14.6 Å². The maximum atomic E-state index is 12.7. The molecule has 1 fully saturated rings. The van der Waals surface area contributed by atoms with Crippen molar-refractivity contribution in [1.29, 1.82) is 0 Å². The van der Waals surface area contributed by atoms with Crippen LogP contribution in [0.15, 0.2) is 64.3 Å². The minimum absolute atomic E-state index is 0.132. The van der Waals surface area contributed by atoms with E-state index in [-0.39, 0.29) is 33.1 Å². The number of H-pyrrole nitrogens is 1. The fraction of sp³-hybridized carbons (Fsp3) is 0.296. The molecule has 0 aliphatic carbocycles. The van der Waals surface area contributed by atoms with E-state index in [1.165, 1.54) is 24.3 Å². The number of hydrogen-bond donors (Lipinski definition) is 2. The Hall–Kier alpha value is -4.10. The van der Waals surface area contributed by atoms with Crippen molar-refractivity contribution in [3.05, 3.63) is 86.1 Å². The zero-order valence-electron chi connectivity index (χ0n) is 22.0. The van der Waals surface area contributed by atoms with Crippen LogP contribution in [0.1, 0.15) is 45.9 Å². The number of hydrogen-bond acceptors (Lipinski definition) is 9. The van der Waals surface area contributed by atoms with E-state index in [0.29, 0.717) is 25.3 Å². The first kappa shape index (κ1) is 28.9. The molecule has 1 saturated heterocycles. The first-order valence-corrected chi connectivity index (χ1v) is 15.0. The molecule has 1 aliphatic heterocycles. The molecule has 4 aromatic rings. The molecule has 0 saturated carbocycles. The maximum absolute atomic E-state index is 12.7. The molecule has 1 aliphatic rings. The van der Waals surface area contributed by atoms with Crippen molar-refractivity contribution in [1.82, 2.24) is 20.1 Å². The number of para-hydroxylation sites is 1. The number of carbonyl (C=O) groups is 2. The van der Waals surface area contributed by atoms with E-state index < -0.39 is 15.7 Å². The topological polar surface area (TPSA) is 165 Å². The van der Waals surface area contributed by atoms with Crippen LogP contribution in [0.4, 0.5) is 4.79 Å². The van der Waals surface area contributed by atoms with Crippen molar-refractivity contribution in [2.24, 2.45) is 5.73 Å². The van der Waals surface area contributed by atoms with Crippen LogP contribution in [0.25, 0.3) is 10.9 Å². The van der Waals surface area contributed by atoms with Gasteiger partial charge in [0.2, 0.25) is 5.91 Å². The first-order valence-electron chi connectivity index (χ1n) is 12.5. The number of fused-ring (bicyclic) bond motifs is 1. The lowest BCUT2D eigenvalue weighted by molar-refractivity contribution is 0.0999. The molecule has 13 heteroatoms. The standard InChI is InChI=1S/C18H16N2O3S.C9H13N3O3S/c1-12-10-14(16-4-2-3-5-17(16)20-12)11-24(22,23)15-8-6-13(7-9-15)18(19)21;1-2-15-9(14)12-4-3-6(5-12)7-10-11-8(13)16-7/h2-10H,11H2,1H3,(H2,19,21);6H,2-5H2,1H3,(H,11,13)/t;6-/m.1/s1. The Morgan fingerprint density at radius 1 is 1.18 bits per heavy atom. The Kier molecular flexibility index (Phi) is 8.95. The molecule has 1 atom stereocenters. The van der Waals surface area contributed by atoms with Crippen molar-refractivity contribution in [2.45, 2.75) is 36.8 Å². The number of pyridine rings is 1. The summed E-state index contributed by atoms with van der Waals surface area (Å²) in [6.45, 7) is 5.25. The molecule has 0 bridgehead atoms. The lowest BCUT2D eigenvalue weighted by Gasteiger charge is -2.14. The van der Waals surface area contributed by atoms with E-state index in [9.17, 15) is 22.8 Å². The highest BCUT2D eigenvalue weighted by atomic mass is 32.2. The number of nitrogens with two attached hydrogens (primary N) is 1. The highest BCUT2D eigenvalue weighted by molar-refractivity contribution is 7.90. The number of ether oxygens (including phenoxy) is 1. The fourth-order valence-corrected chi connectivity index (χ4v) is 6.48. The number of amides is 2. The van der Waals surface area contributed by atoms with Gasteiger partial charge in [0, 0.05) is 35.7 Å². The minimum atomic E-state index is -3.54. The molecule has 2 aromatic carbocycles. The molecule has 3 N–H and O–H groups in total. The second kappa shape index (κ2) is 12.4. The van der Waals surface area contributed by atoms with Gasteiger partial charge < -0.3 is 15.4 Å². The Morgan fingerprint density at radius 2 is 1.90 bits per heavy atom. The van der Waals surface area contributed by atoms with Crippen LogP contribution in [0.2, 0.25) is 0 Å². The van der Waals surface area contributed by atoms with Crippen molar-refractivity contribution in [3.63, 3.8) is 0 Å². The van der Waals surface area contributed by atoms with Crippen LogP contribution in [-0.2, 0) is 20.3 Å². The molecule has 0 radical (unpaired) electrons. The lowest BCUT2D eigenvalue weighted by Crippen LogP contribution is -2.29. The van der Waals surface area contributed by atoms with Gasteiger partial charge in [-0.05, 0) is 62.2 Å². The summed E-state index contributed by atoms with van der Waals surface area (Å²) in [4.78, 5) is 39.6. The average Bonchev–Trinajstić information content (AvgIpc) is 3.58. The predicted octanol–water partition coefficient (Wildman–Crippen LogP) is 3.39. The van der Waals surface area contributed by atoms with Crippen LogP contribution in [0.3, 0.4) is 0 Å². The van der Waals surface area contributed by atoms with Crippen LogP contribution in [-0.4, -0.2) is 60.2 Å². The second-order valence-electron chi connectivity index (χ2n) is 9.17. The molecule has 11 nitrogen and oxygen atoms in total. The molecule has 5 rings (SSSR count). The molecule has 210 valence electrons. The number of carbonyl (C=O) groups excluding carboxylic acids is 2. The van der Waals surface area contributed by atoms with Gasteiger partial charge in [0.15, 0.2) is 9.84 Å². The fourth-order valence-electron chi connectivity index (χ4n) is 4.39. The van der Waals surface area contributed by atoms with Gasteiger partial charge in [-0.15, -0.1) is 0 Å². The zero-order chi connectivity index (χ0) is 28.9. The van der Waals surface area contributed by atoms with Gasteiger partial charge >= 0.3 is 11.0 Å². The summed E-state index contributed by atoms with van der Waals surface area (Å²) in [5, 5.41) is 7.93. The van der Waals surface area contributed by atoms with Crippen molar-refractivity contribution in [2.75, 3.05) is 19.7 Å². The Bertz CT molecular complexity index is 1680. The van der Waals surface area contributed by atoms with Crippen molar-refractivity contribution >= 4 is 44.1 Å². The normalized spacial score (nSPS) is 14.9. The van der Waals surface area contributed by atoms with E-state index in [0.717, 1.165) is 39.4 Å². The zero-order valence-corrected chi connectivity index (χ0v) is 23.6. The summed E-state index contributed by atoms with van der Waals surface area (Å²) in [6, 6.07) is 14.9. The number of nitrogens with zero attached hydrogens (tertiary/aromatic N) is 3. The number of aromatic amines is 1. The molecule has 40 heavy (non-hydrogen) atoms. The third-order valence-corrected chi connectivity index (χ3v) is 8.88. The largest absolute Gasteiger partial charge is 0.450 e. The van der Waals surface area contributed by atoms with Gasteiger partial charge in [0.05, 0.1) is 22.8 Å². The number of likely N-dealkylation sites (tertiary alicyclic amines) is 1. The van der Waals surface area contributed by atoms with E-state index in [1.54, 1.807) is 17.9 Å². The summed E-state index contributed by atoms with van der Waals surface area (Å²) >= 11 is 1.11. The highest BCUT2D eigenvalue weighted by Gasteiger charge is 2.30. The average molecular weight is 584 g/mol. The van der Waals surface area contributed by atoms with Crippen molar-refractivity contribution in [3.8, 4) is 0 Å². The molecule has 0 spiro atoms. The number of nitrogens with one attached hydrogen (secondary N) is 1. The molecule has 0 unspecified atom stereocenters. The van der Waals surface area contributed by atoms with Crippen LogP contribution >= 0.6 is 11.3 Å². The van der Waals surface area contributed by atoms with E-state index >= 15 is 0 Å². The quantitative estimate of drug-likeness (QED) is 0.348.